The van der Waals surface area contributed by atoms with Gasteiger partial charge in [0, 0.05) is 61.8 Å². The van der Waals surface area contributed by atoms with Crippen molar-refractivity contribution in [1.82, 2.24) is 19.4 Å². The number of aryl methyl sites for hydroxylation is 1. The number of likely N-dealkylation sites (tertiary alicyclic amines) is 1. The number of carbonyl (C=O) groups excluding carboxylic acids is 1. The number of pyridine rings is 1. The monoisotopic (exact) mass is 481 g/mol. The highest BCUT2D eigenvalue weighted by atomic mass is 16.2. The molecule has 36 heavy (non-hydrogen) atoms. The van der Waals surface area contributed by atoms with Gasteiger partial charge in [-0.05, 0) is 55.5 Å². The van der Waals surface area contributed by atoms with Gasteiger partial charge in [0.2, 0.25) is 5.91 Å². The molecule has 6 rings (SSSR count). The Bertz CT molecular complexity index is 1380. The van der Waals surface area contributed by atoms with E-state index in [1.54, 1.807) is 0 Å². The number of carbonyl (C=O) groups is 1. The molecule has 2 aliphatic heterocycles. The van der Waals surface area contributed by atoms with E-state index in [1.165, 1.54) is 28.3 Å². The van der Waals surface area contributed by atoms with E-state index in [0.29, 0.717) is 6.42 Å². The van der Waals surface area contributed by atoms with Gasteiger partial charge < -0.3 is 14.4 Å². The van der Waals surface area contributed by atoms with Crippen molar-refractivity contribution in [1.29, 1.82) is 0 Å². The number of rotatable bonds is 5. The first-order valence-corrected chi connectivity index (χ1v) is 13.3. The zero-order chi connectivity index (χ0) is 24.5. The van der Waals surface area contributed by atoms with Gasteiger partial charge in [0.15, 0.2) is 0 Å². The fourth-order valence-corrected chi connectivity index (χ4v) is 5.83. The number of hydrogen-bond donors (Lipinski definition) is 0. The summed E-state index contributed by atoms with van der Waals surface area (Å²) in [5.74, 6) is 1.35. The molecule has 2 saturated heterocycles. The molecule has 0 saturated carbocycles. The molecule has 0 atom stereocenters. The van der Waals surface area contributed by atoms with Gasteiger partial charge in [0.05, 0.1) is 18.6 Å². The summed E-state index contributed by atoms with van der Waals surface area (Å²) in [6, 6.07) is 19.1. The van der Waals surface area contributed by atoms with Crippen LogP contribution in [0.15, 0.2) is 60.8 Å². The first kappa shape index (κ1) is 23.0. The second kappa shape index (κ2) is 9.94. The maximum absolute atomic E-state index is 13.0. The standard InChI is InChI=1S/C30H35N5O/c1-23-19-29(31-27-11-5-3-9-25(23)27)33-17-15-32(16-18-33)22-35-21-24(26-10-4-6-12-28(26)35)20-30(36)34-13-7-2-8-14-34/h3-6,9-12,19,21H,2,7-8,13-18,20,22H2,1H3. The number of nitrogens with zero attached hydrogens (tertiary/aromatic N) is 5. The van der Waals surface area contributed by atoms with Crippen LogP contribution in [0, 0.1) is 6.92 Å². The largest absolute Gasteiger partial charge is 0.354 e. The fourth-order valence-electron chi connectivity index (χ4n) is 5.83. The smallest absolute Gasteiger partial charge is 0.227 e. The molecule has 0 spiro atoms. The van der Waals surface area contributed by atoms with E-state index < -0.39 is 0 Å². The first-order chi connectivity index (χ1) is 17.7. The maximum Gasteiger partial charge on any atom is 0.227 e. The van der Waals surface area contributed by atoms with Gasteiger partial charge in [-0.2, -0.15) is 0 Å². The maximum atomic E-state index is 13.0. The second-order valence-corrected chi connectivity index (χ2v) is 10.3. The molecule has 2 aromatic carbocycles. The lowest BCUT2D eigenvalue weighted by Crippen LogP contribution is -2.47. The number of amides is 1. The van der Waals surface area contributed by atoms with Crippen molar-refractivity contribution >= 4 is 33.5 Å². The topological polar surface area (TPSA) is 44.6 Å². The van der Waals surface area contributed by atoms with Crippen molar-refractivity contribution in [3.8, 4) is 0 Å². The Balaban J connectivity index is 1.15. The molecule has 4 heterocycles. The van der Waals surface area contributed by atoms with E-state index >= 15 is 0 Å². The number of piperidine rings is 1. The van der Waals surface area contributed by atoms with Crippen LogP contribution in [-0.4, -0.2) is 64.5 Å². The highest BCUT2D eigenvalue weighted by molar-refractivity contribution is 5.89. The van der Waals surface area contributed by atoms with Gasteiger partial charge in [0.25, 0.3) is 0 Å². The summed E-state index contributed by atoms with van der Waals surface area (Å²) in [5.41, 5.74) is 4.72. The molecule has 0 bridgehead atoms. The normalized spacial score (nSPS) is 17.2. The molecular weight excluding hydrogens is 446 g/mol. The van der Waals surface area contributed by atoms with Crippen LogP contribution < -0.4 is 4.90 Å². The Morgan fingerprint density at radius 3 is 2.39 bits per heavy atom. The van der Waals surface area contributed by atoms with Crippen LogP contribution in [0.5, 0.6) is 0 Å². The predicted molar refractivity (Wildman–Crippen MR) is 146 cm³/mol. The van der Waals surface area contributed by atoms with Crippen LogP contribution in [0.2, 0.25) is 0 Å². The van der Waals surface area contributed by atoms with E-state index in [-0.39, 0.29) is 5.91 Å². The molecule has 0 radical (unpaired) electrons. The van der Waals surface area contributed by atoms with Gasteiger partial charge in [-0.25, -0.2) is 4.98 Å². The van der Waals surface area contributed by atoms with Crippen molar-refractivity contribution < 1.29 is 4.79 Å². The molecular formula is C30H35N5O. The number of aromatic nitrogens is 2. The lowest BCUT2D eigenvalue weighted by molar-refractivity contribution is -0.131. The van der Waals surface area contributed by atoms with E-state index in [0.717, 1.165) is 75.7 Å². The van der Waals surface area contributed by atoms with Gasteiger partial charge in [-0.1, -0.05) is 36.4 Å². The first-order valence-electron chi connectivity index (χ1n) is 13.3. The SMILES string of the molecule is Cc1cc(N2CCN(Cn3cc(CC(=O)N4CCCCC4)c4ccccc43)CC2)nc2ccccc12. The third kappa shape index (κ3) is 4.58. The second-order valence-electron chi connectivity index (χ2n) is 10.3. The number of piperazine rings is 1. The number of benzene rings is 2. The van der Waals surface area contributed by atoms with E-state index in [9.17, 15) is 4.79 Å². The number of para-hydroxylation sites is 2. The minimum Gasteiger partial charge on any atom is -0.354 e. The lowest BCUT2D eigenvalue weighted by atomic mass is 10.1. The lowest BCUT2D eigenvalue weighted by Gasteiger charge is -2.35. The molecule has 0 aliphatic carbocycles. The number of fused-ring (bicyclic) bond motifs is 2. The molecule has 2 fully saturated rings. The molecule has 6 heteroatoms. The van der Waals surface area contributed by atoms with Crippen molar-refractivity contribution in [3.63, 3.8) is 0 Å². The van der Waals surface area contributed by atoms with Crippen LogP contribution in [0.4, 0.5) is 5.82 Å². The average molecular weight is 482 g/mol. The van der Waals surface area contributed by atoms with E-state index in [4.69, 9.17) is 4.98 Å². The zero-order valence-corrected chi connectivity index (χ0v) is 21.2. The summed E-state index contributed by atoms with van der Waals surface area (Å²) in [4.78, 5) is 24.9. The van der Waals surface area contributed by atoms with Crippen molar-refractivity contribution in [3.05, 3.63) is 71.9 Å². The molecule has 0 unspecified atom stereocenters. The quantitative estimate of drug-likeness (QED) is 0.410. The van der Waals surface area contributed by atoms with Gasteiger partial charge >= 0.3 is 0 Å². The summed E-state index contributed by atoms with van der Waals surface area (Å²) in [5, 5.41) is 2.44. The van der Waals surface area contributed by atoms with Crippen molar-refractivity contribution in [2.45, 2.75) is 39.3 Å². The highest BCUT2D eigenvalue weighted by Crippen LogP contribution is 2.25. The minimum atomic E-state index is 0.268. The van der Waals surface area contributed by atoms with Crippen LogP contribution >= 0.6 is 0 Å². The van der Waals surface area contributed by atoms with Crippen molar-refractivity contribution in [2.24, 2.45) is 0 Å². The van der Waals surface area contributed by atoms with Crippen LogP contribution in [0.3, 0.4) is 0 Å². The Hall–Kier alpha value is -3.38. The molecule has 6 nitrogen and oxygen atoms in total. The van der Waals surface area contributed by atoms with Crippen LogP contribution in [-0.2, 0) is 17.9 Å². The Morgan fingerprint density at radius 1 is 0.861 bits per heavy atom. The van der Waals surface area contributed by atoms with E-state index in [1.807, 2.05) is 0 Å². The Kier molecular flexibility index (Phi) is 6.36. The van der Waals surface area contributed by atoms with Crippen LogP contribution in [0.1, 0.15) is 30.4 Å². The molecule has 1 amide bonds. The summed E-state index contributed by atoms with van der Waals surface area (Å²) in [6.07, 6.45) is 6.22. The Labute approximate surface area is 213 Å². The minimum absolute atomic E-state index is 0.268. The number of hydrogen-bond acceptors (Lipinski definition) is 4. The fraction of sp³-hybridized carbons (Fsp3) is 0.400. The Morgan fingerprint density at radius 2 is 1.58 bits per heavy atom. The molecule has 186 valence electrons. The molecule has 4 aromatic rings. The average Bonchev–Trinajstić information content (AvgIpc) is 3.26. The van der Waals surface area contributed by atoms with Gasteiger partial charge in [-0.3, -0.25) is 9.69 Å². The number of anilines is 1. The summed E-state index contributed by atoms with van der Waals surface area (Å²) < 4.78 is 2.34. The van der Waals surface area contributed by atoms with E-state index in [2.05, 4.69) is 87.0 Å². The highest BCUT2D eigenvalue weighted by Gasteiger charge is 2.22. The summed E-state index contributed by atoms with van der Waals surface area (Å²) >= 11 is 0. The third-order valence-electron chi connectivity index (χ3n) is 7.88. The summed E-state index contributed by atoms with van der Waals surface area (Å²) in [7, 11) is 0. The van der Waals surface area contributed by atoms with Gasteiger partial charge in [-0.15, -0.1) is 0 Å². The molecule has 0 N–H and O–H groups in total. The van der Waals surface area contributed by atoms with Crippen molar-refractivity contribution in [2.75, 3.05) is 44.2 Å². The van der Waals surface area contributed by atoms with Gasteiger partial charge in [0.1, 0.15) is 5.82 Å². The summed E-state index contributed by atoms with van der Waals surface area (Å²) in [6.45, 7) is 8.74. The van der Waals surface area contributed by atoms with Crippen LogP contribution in [0.25, 0.3) is 21.8 Å². The zero-order valence-electron chi connectivity index (χ0n) is 21.2. The molecule has 2 aliphatic rings. The third-order valence-corrected chi connectivity index (χ3v) is 7.88. The molecule has 2 aromatic heterocycles. The predicted octanol–water partition coefficient (Wildman–Crippen LogP) is 4.83.